The summed E-state index contributed by atoms with van der Waals surface area (Å²) in [4.78, 5) is 0.116. The molecule has 0 fully saturated rings. The van der Waals surface area contributed by atoms with Gasteiger partial charge in [0.15, 0.2) is 0 Å². The molecule has 2 aromatic carbocycles. The third-order valence-corrected chi connectivity index (χ3v) is 6.27. The summed E-state index contributed by atoms with van der Waals surface area (Å²) in [6, 6.07) is 5.82. The van der Waals surface area contributed by atoms with Crippen molar-refractivity contribution in [1.29, 1.82) is 0 Å². The molecule has 0 aliphatic rings. The molecule has 1 atom stereocenters. The molecule has 0 amide bonds. The Hall–Kier alpha value is -0.500. The van der Waals surface area contributed by atoms with Crippen molar-refractivity contribution in [3.8, 4) is 0 Å². The zero-order valence-corrected chi connectivity index (χ0v) is 16.0. The van der Waals surface area contributed by atoms with Crippen molar-refractivity contribution in [3.05, 3.63) is 67.2 Å². The molecule has 0 spiro atoms. The molecule has 0 radical (unpaired) electrons. The van der Waals surface area contributed by atoms with Crippen molar-refractivity contribution < 1.29 is 0 Å². The predicted molar refractivity (Wildman–Crippen MR) is 97.4 cm³/mol. The highest BCUT2D eigenvalue weighted by molar-refractivity contribution is 9.09. The Labute approximate surface area is 145 Å². The normalized spacial score (nSPS) is 12.6. The Morgan fingerprint density at radius 3 is 1.71 bits per heavy atom. The molecule has 3 heteroatoms. The van der Waals surface area contributed by atoms with Crippen LogP contribution in [-0.2, 0) is 0 Å². The average molecular weight is 386 g/mol. The van der Waals surface area contributed by atoms with Gasteiger partial charge in [-0.25, -0.2) is 0 Å². The molecular weight excluding hydrogens is 367 g/mol. The summed E-state index contributed by atoms with van der Waals surface area (Å²) in [5.74, 6) is 0. The molecule has 0 aromatic heterocycles. The number of alkyl halides is 1. The molecule has 21 heavy (non-hydrogen) atoms. The van der Waals surface area contributed by atoms with Crippen LogP contribution >= 0.6 is 39.1 Å². The maximum absolute atomic E-state index is 6.16. The van der Waals surface area contributed by atoms with Crippen molar-refractivity contribution >= 4 is 39.1 Å². The van der Waals surface area contributed by atoms with Gasteiger partial charge in [-0.1, -0.05) is 45.2 Å². The molecule has 0 bridgehead atoms. The van der Waals surface area contributed by atoms with Gasteiger partial charge in [0.05, 0.1) is 14.9 Å². The second kappa shape index (κ2) is 6.32. The standard InChI is InChI=1S/C18H19BrCl2/c1-9-10(2)12(4)17(13(5)11(9)3)18(19)14-6-7-15(20)16(21)8-14/h6-8,18H,1-5H3. The monoisotopic (exact) mass is 384 g/mol. The van der Waals surface area contributed by atoms with Crippen LogP contribution in [0, 0.1) is 34.6 Å². The van der Waals surface area contributed by atoms with Gasteiger partial charge in [-0.15, -0.1) is 0 Å². The van der Waals surface area contributed by atoms with E-state index in [1.54, 1.807) is 0 Å². The van der Waals surface area contributed by atoms with E-state index in [0.29, 0.717) is 10.0 Å². The fraction of sp³-hybridized carbons (Fsp3) is 0.333. The summed E-state index contributed by atoms with van der Waals surface area (Å²) in [6.45, 7) is 11.0. The lowest BCUT2D eigenvalue weighted by molar-refractivity contribution is 1.06. The van der Waals surface area contributed by atoms with Gasteiger partial charge in [-0.3, -0.25) is 0 Å². The molecular formula is C18H19BrCl2. The van der Waals surface area contributed by atoms with Crippen LogP contribution in [0.1, 0.15) is 43.8 Å². The van der Waals surface area contributed by atoms with Crippen molar-refractivity contribution in [2.24, 2.45) is 0 Å². The first kappa shape index (κ1) is 16.9. The van der Waals surface area contributed by atoms with Gasteiger partial charge in [0.1, 0.15) is 0 Å². The van der Waals surface area contributed by atoms with Crippen LogP contribution in [0.3, 0.4) is 0 Å². The van der Waals surface area contributed by atoms with E-state index in [0.717, 1.165) is 5.56 Å². The van der Waals surface area contributed by atoms with Gasteiger partial charge in [0.25, 0.3) is 0 Å². The van der Waals surface area contributed by atoms with Crippen molar-refractivity contribution in [2.75, 3.05) is 0 Å². The maximum atomic E-state index is 6.16. The van der Waals surface area contributed by atoms with E-state index in [-0.39, 0.29) is 4.83 Å². The van der Waals surface area contributed by atoms with Crippen LogP contribution in [0.25, 0.3) is 0 Å². The maximum Gasteiger partial charge on any atom is 0.0650 e. The Morgan fingerprint density at radius 2 is 1.24 bits per heavy atom. The molecule has 2 aromatic rings. The van der Waals surface area contributed by atoms with Gasteiger partial charge in [-0.2, -0.15) is 0 Å². The smallest absolute Gasteiger partial charge is 0.0650 e. The number of hydrogen-bond donors (Lipinski definition) is 0. The van der Waals surface area contributed by atoms with Gasteiger partial charge in [-0.05, 0) is 85.7 Å². The largest absolute Gasteiger partial charge is 0.0827 e. The molecule has 0 N–H and O–H groups in total. The summed E-state index contributed by atoms with van der Waals surface area (Å²) >= 11 is 16.0. The molecule has 0 nitrogen and oxygen atoms in total. The molecule has 2 rings (SSSR count). The minimum Gasteiger partial charge on any atom is -0.0827 e. The van der Waals surface area contributed by atoms with Crippen molar-refractivity contribution in [2.45, 2.75) is 39.4 Å². The SMILES string of the molecule is Cc1c(C)c(C)c(C(Br)c2ccc(Cl)c(Cl)c2)c(C)c1C. The van der Waals surface area contributed by atoms with Gasteiger partial charge < -0.3 is 0 Å². The molecule has 0 heterocycles. The highest BCUT2D eigenvalue weighted by atomic mass is 79.9. The fourth-order valence-corrected chi connectivity index (χ4v) is 4.02. The minimum absolute atomic E-state index is 0.116. The van der Waals surface area contributed by atoms with Crippen LogP contribution < -0.4 is 0 Å². The van der Waals surface area contributed by atoms with E-state index in [9.17, 15) is 0 Å². The van der Waals surface area contributed by atoms with Crippen LogP contribution in [0.2, 0.25) is 10.0 Å². The predicted octanol–water partition coefficient (Wildman–Crippen LogP) is 7.02. The molecule has 1 unspecified atom stereocenters. The Kier molecular flexibility index (Phi) is 5.07. The number of hydrogen-bond acceptors (Lipinski definition) is 0. The van der Waals surface area contributed by atoms with E-state index >= 15 is 0 Å². The summed E-state index contributed by atoms with van der Waals surface area (Å²) in [6.07, 6.45) is 0. The van der Waals surface area contributed by atoms with E-state index in [1.807, 2.05) is 18.2 Å². The van der Waals surface area contributed by atoms with Gasteiger partial charge in [0.2, 0.25) is 0 Å². The van der Waals surface area contributed by atoms with Gasteiger partial charge >= 0.3 is 0 Å². The first-order valence-corrected chi connectivity index (χ1v) is 8.58. The Bertz CT molecular complexity index is 676. The minimum atomic E-state index is 0.116. The van der Waals surface area contributed by atoms with E-state index < -0.39 is 0 Å². The lowest BCUT2D eigenvalue weighted by Gasteiger charge is -2.23. The summed E-state index contributed by atoms with van der Waals surface area (Å²) in [5, 5.41) is 1.18. The summed E-state index contributed by atoms with van der Waals surface area (Å²) < 4.78 is 0. The zero-order valence-electron chi connectivity index (χ0n) is 12.9. The van der Waals surface area contributed by atoms with Crippen LogP contribution in [0.5, 0.6) is 0 Å². The molecule has 0 saturated carbocycles. The highest BCUT2D eigenvalue weighted by Gasteiger charge is 2.20. The quantitative estimate of drug-likeness (QED) is 0.487. The second-order valence-corrected chi connectivity index (χ2v) is 7.30. The highest BCUT2D eigenvalue weighted by Crippen LogP contribution is 2.40. The van der Waals surface area contributed by atoms with Crippen LogP contribution in [-0.4, -0.2) is 0 Å². The van der Waals surface area contributed by atoms with Crippen molar-refractivity contribution in [3.63, 3.8) is 0 Å². The van der Waals surface area contributed by atoms with Crippen molar-refractivity contribution in [1.82, 2.24) is 0 Å². The zero-order chi connectivity index (χ0) is 15.9. The third-order valence-electron chi connectivity index (χ3n) is 4.55. The third kappa shape index (κ3) is 3.02. The summed E-state index contributed by atoms with van der Waals surface area (Å²) in [5.41, 5.74) is 9.22. The van der Waals surface area contributed by atoms with Crippen LogP contribution in [0.4, 0.5) is 0 Å². The summed E-state index contributed by atoms with van der Waals surface area (Å²) in [7, 11) is 0. The Balaban J connectivity index is 2.63. The number of halogens is 3. The molecule has 112 valence electrons. The van der Waals surface area contributed by atoms with E-state index in [4.69, 9.17) is 23.2 Å². The van der Waals surface area contributed by atoms with Crippen LogP contribution in [0.15, 0.2) is 18.2 Å². The second-order valence-electron chi connectivity index (χ2n) is 5.57. The fourth-order valence-electron chi connectivity index (χ4n) is 2.75. The molecule has 0 saturated heterocycles. The average Bonchev–Trinajstić information content (AvgIpc) is 2.46. The number of rotatable bonds is 2. The molecule has 0 aliphatic carbocycles. The van der Waals surface area contributed by atoms with E-state index in [2.05, 4.69) is 50.5 Å². The topological polar surface area (TPSA) is 0 Å². The first-order chi connectivity index (χ1) is 9.75. The lowest BCUT2D eigenvalue weighted by atomic mass is 9.87. The first-order valence-electron chi connectivity index (χ1n) is 6.91. The van der Waals surface area contributed by atoms with Gasteiger partial charge in [0, 0.05) is 0 Å². The Morgan fingerprint density at radius 1 is 0.762 bits per heavy atom. The van der Waals surface area contributed by atoms with E-state index in [1.165, 1.54) is 33.4 Å². The lowest BCUT2D eigenvalue weighted by Crippen LogP contribution is -2.05. The number of benzene rings is 2. The molecule has 0 aliphatic heterocycles.